The molecule has 1 aromatic heterocycles. The lowest BCUT2D eigenvalue weighted by Gasteiger charge is -2.02. The number of nitrogens with zero attached hydrogens (tertiary/aromatic N) is 2. The summed E-state index contributed by atoms with van der Waals surface area (Å²) in [5, 5.41) is 12.7. The van der Waals surface area contributed by atoms with E-state index in [1.807, 2.05) is 19.1 Å². The molecule has 0 aliphatic rings. The molecular weight excluding hydrogens is 268 g/mol. The zero-order chi connectivity index (χ0) is 15.1. The largest absolute Gasteiger partial charge is 0.341 e. The number of ketones is 1. The van der Waals surface area contributed by atoms with Crippen molar-refractivity contribution in [2.45, 2.75) is 20.4 Å². The van der Waals surface area contributed by atoms with E-state index in [9.17, 15) is 14.9 Å². The number of hydrogen-bond acceptors (Lipinski definition) is 3. The van der Waals surface area contributed by atoms with Gasteiger partial charge < -0.3 is 4.57 Å². The molecule has 1 heterocycles. The first-order valence-electron chi connectivity index (χ1n) is 6.74. The minimum absolute atomic E-state index is 0.0141. The molecule has 0 saturated heterocycles. The average molecular weight is 282 g/mol. The summed E-state index contributed by atoms with van der Waals surface area (Å²) in [5.41, 5.74) is 2.60. The van der Waals surface area contributed by atoms with Crippen LogP contribution in [-0.4, -0.2) is 15.3 Å². The van der Waals surface area contributed by atoms with Crippen molar-refractivity contribution < 1.29 is 9.72 Å². The summed E-state index contributed by atoms with van der Waals surface area (Å²) in [5.74, 6) is -0.0141. The molecule has 0 aliphatic carbocycles. The number of hydrogen-bond donors (Lipinski definition) is 0. The highest BCUT2D eigenvalue weighted by atomic mass is 16.6. The average Bonchev–Trinajstić information content (AvgIpc) is 2.79. The number of fused-ring (bicyclic) bond motifs is 3. The topological polar surface area (TPSA) is 65.1 Å². The zero-order valence-electron chi connectivity index (χ0n) is 11.8. The lowest BCUT2D eigenvalue weighted by Crippen LogP contribution is -1.94. The minimum atomic E-state index is -0.399. The number of benzene rings is 2. The number of aryl methyl sites for hydroxylation is 1. The molecular formula is C16H14N2O3. The first kappa shape index (κ1) is 13.3. The predicted octanol–water partition coefficient (Wildman–Crippen LogP) is 3.93. The van der Waals surface area contributed by atoms with E-state index in [1.165, 1.54) is 13.0 Å². The SMILES string of the molecule is CCn1c2ccc(C(C)=O)cc2c2cc([N+](=O)[O-])ccc21. The highest BCUT2D eigenvalue weighted by Gasteiger charge is 2.15. The van der Waals surface area contributed by atoms with Crippen molar-refractivity contribution in [3.63, 3.8) is 0 Å². The standard InChI is InChI=1S/C16H14N2O3/c1-3-17-15-6-4-11(10(2)19)8-13(15)14-9-12(18(20)21)5-7-16(14)17/h4-9H,3H2,1-2H3. The predicted molar refractivity (Wildman–Crippen MR) is 81.8 cm³/mol. The van der Waals surface area contributed by atoms with Crippen LogP contribution in [0.3, 0.4) is 0 Å². The van der Waals surface area contributed by atoms with Crippen LogP contribution in [0.15, 0.2) is 36.4 Å². The molecule has 2 aromatic carbocycles. The molecule has 0 fully saturated rings. The zero-order valence-corrected chi connectivity index (χ0v) is 11.8. The molecule has 5 nitrogen and oxygen atoms in total. The molecule has 3 rings (SSSR count). The van der Waals surface area contributed by atoms with Crippen LogP contribution in [0.4, 0.5) is 5.69 Å². The Hall–Kier alpha value is -2.69. The summed E-state index contributed by atoms with van der Waals surface area (Å²) >= 11 is 0. The van der Waals surface area contributed by atoms with Gasteiger partial charge in [-0.2, -0.15) is 0 Å². The third-order valence-corrected chi connectivity index (χ3v) is 3.78. The van der Waals surface area contributed by atoms with Gasteiger partial charge in [0.25, 0.3) is 5.69 Å². The van der Waals surface area contributed by atoms with Gasteiger partial charge in [0.15, 0.2) is 5.78 Å². The Bertz CT molecular complexity index is 822. The summed E-state index contributed by atoms with van der Waals surface area (Å²) in [6.07, 6.45) is 0. The van der Waals surface area contributed by atoms with E-state index in [0.29, 0.717) is 5.56 Å². The maximum absolute atomic E-state index is 11.6. The molecule has 0 radical (unpaired) electrons. The van der Waals surface area contributed by atoms with Gasteiger partial charge in [0.05, 0.1) is 4.92 Å². The molecule has 5 heteroatoms. The van der Waals surface area contributed by atoms with Gasteiger partial charge >= 0.3 is 0 Å². The van der Waals surface area contributed by atoms with Crippen molar-refractivity contribution in [1.29, 1.82) is 0 Å². The lowest BCUT2D eigenvalue weighted by molar-refractivity contribution is -0.384. The Morgan fingerprint density at radius 3 is 2.33 bits per heavy atom. The molecule has 0 atom stereocenters. The van der Waals surface area contributed by atoms with Crippen molar-refractivity contribution in [3.8, 4) is 0 Å². The fourth-order valence-corrected chi connectivity index (χ4v) is 2.77. The quantitative estimate of drug-likeness (QED) is 0.415. The summed E-state index contributed by atoms with van der Waals surface area (Å²) in [6, 6.07) is 10.4. The van der Waals surface area contributed by atoms with Crippen molar-refractivity contribution in [2.24, 2.45) is 0 Å². The summed E-state index contributed by atoms with van der Waals surface area (Å²) in [4.78, 5) is 22.1. The van der Waals surface area contributed by atoms with Crippen LogP contribution >= 0.6 is 0 Å². The first-order chi connectivity index (χ1) is 10.0. The van der Waals surface area contributed by atoms with E-state index in [1.54, 1.807) is 18.2 Å². The summed E-state index contributed by atoms with van der Waals surface area (Å²) < 4.78 is 2.10. The third kappa shape index (κ3) is 1.98. The Morgan fingerprint density at radius 2 is 1.76 bits per heavy atom. The molecule has 0 bridgehead atoms. The highest BCUT2D eigenvalue weighted by Crippen LogP contribution is 2.32. The fraction of sp³-hybridized carbons (Fsp3) is 0.188. The van der Waals surface area contributed by atoms with Crippen molar-refractivity contribution in [3.05, 3.63) is 52.1 Å². The monoisotopic (exact) mass is 282 g/mol. The number of nitro benzene ring substituents is 1. The Labute approximate surface area is 120 Å². The summed E-state index contributed by atoms with van der Waals surface area (Å²) in [6.45, 7) is 4.30. The number of carbonyl (C=O) groups excluding carboxylic acids is 1. The fourth-order valence-electron chi connectivity index (χ4n) is 2.77. The number of rotatable bonds is 3. The molecule has 3 aromatic rings. The number of aromatic nitrogens is 1. The Morgan fingerprint density at radius 1 is 1.14 bits per heavy atom. The second kappa shape index (κ2) is 4.70. The highest BCUT2D eigenvalue weighted by molar-refractivity contribution is 6.11. The maximum Gasteiger partial charge on any atom is 0.270 e. The van der Waals surface area contributed by atoms with E-state index in [0.717, 1.165) is 28.4 Å². The number of non-ortho nitro benzene ring substituents is 1. The van der Waals surface area contributed by atoms with Gasteiger partial charge in [0.2, 0.25) is 0 Å². The molecule has 0 spiro atoms. The normalized spacial score (nSPS) is 11.1. The molecule has 0 N–H and O–H groups in total. The van der Waals surface area contributed by atoms with Crippen LogP contribution in [0, 0.1) is 10.1 Å². The van der Waals surface area contributed by atoms with Gasteiger partial charge in [-0.05, 0) is 38.1 Å². The molecule has 0 saturated carbocycles. The Balaban J connectivity index is 2.45. The number of carbonyl (C=O) groups is 1. The molecule has 0 amide bonds. The van der Waals surface area contributed by atoms with Crippen molar-refractivity contribution in [2.75, 3.05) is 0 Å². The maximum atomic E-state index is 11.6. The van der Waals surface area contributed by atoms with E-state index in [4.69, 9.17) is 0 Å². The van der Waals surface area contributed by atoms with Gasteiger partial charge in [-0.1, -0.05) is 0 Å². The van der Waals surface area contributed by atoms with Crippen LogP contribution in [-0.2, 0) is 6.54 Å². The van der Waals surface area contributed by atoms with Crippen LogP contribution in [0.5, 0.6) is 0 Å². The first-order valence-corrected chi connectivity index (χ1v) is 6.74. The minimum Gasteiger partial charge on any atom is -0.341 e. The Kier molecular flexibility index (Phi) is 2.97. The van der Waals surface area contributed by atoms with Gasteiger partial charge in [0, 0.05) is 46.0 Å². The molecule has 21 heavy (non-hydrogen) atoms. The van der Waals surface area contributed by atoms with Gasteiger partial charge in [-0.3, -0.25) is 14.9 Å². The second-order valence-corrected chi connectivity index (χ2v) is 4.99. The van der Waals surface area contributed by atoms with Gasteiger partial charge in [0.1, 0.15) is 0 Å². The van der Waals surface area contributed by atoms with Gasteiger partial charge in [-0.25, -0.2) is 0 Å². The van der Waals surface area contributed by atoms with Crippen molar-refractivity contribution in [1.82, 2.24) is 4.57 Å². The van der Waals surface area contributed by atoms with E-state index in [-0.39, 0.29) is 11.5 Å². The van der Waals surface area contributed by atoms with Crippen LogP contribution in [0.2, 0.25) is 0 Å². The smallest absolute Gasteiger partial charge is 0.270 e. The lowest BCUT2D eigenvalue weighted by atomic mass is 10.1. The van der Waals surface area contributed by atoms with Crippen LogP contribution < -0.4 is 0 Å². The van der Waals surface area contributed by atoms with E-state index < -0.39 is 4.92 Å². The number of Topliss-reactive ketones (excluding diaryl/α,β-unsaturated/α-hetero) is 1. The number of nitro groups is 1. The van der Waals surface area contributed by atoms with E-state index in [2.05, 4.69) is 4.57 Å². The van der Waals surface area contributed by atoms with Gasteiger partial charge in [-0.15, -0.1) is 0 Å². The van der Waals surface area contributed by atoms with Crippen molar-refractivity contribution >= 4 is 33.3 Å². The second-order valence-electron chi connectivity index (χ2n) is 4.99. The molecule has 106 valence electrons. The summed E-state index contributed by atoms with van der Waals surface area (Å²) in [7, 11) is 0. The molecule has 0 aliphatic heterocycles. The third-order valence-electron chi connectivity index (χ3n) is 3.78. The van der Waals surface area contributed by atoms with E-state index >= 15 is 0 Å². The van der Waals surface area contributed by atoms with Crippen LogP contribution in [0.1, 0.15) is 24.2 Å². The van der Waals surface area contributed by atoms with Crippen LogP contribution in [0.25, 0.3) is 21.8 Å². The molecule has 0 unspecified atom stereocenters.